The third-order valence-electron chi connectivity index (χ3n) is 12.0. The Kier molecular flexibility index (Phi) is 6.33. The lowest BCUT2D eigenvalue weighted by atomic mass is 9.81. The number of nitriles is 4. The lowest BCUT2D eigenvalue weighted by molar-refractivity contribution is 1.39. The van der Waals surface area contributed by atoms with E-state index >= 15 is 0 Å². The second-order valence-electron chi connectivity index (χ2n) is 14.9. The number of nitrogens with zero attached hydrogens (tertiary/aromatic N) is 4. The molecule has 0 N–H and O–H groups in total. The van der Waals surface area contributed by atoms with Gasteiger partial charge in [0.25, 0.3) is 0 Å². The van der Waals surface area contributed by atoms with Gasteiger partial charge in [-0.25, -0.2) is 0 Å². The summed E-state index contributed by atoms with van der Waals surface area (Å²) in [5.41, 5.74) is 6.87. The summed E-state index contributed by atoms with van der Waals surface area (Å²) in [5, 5.41) is 59.1. The van der Waals surface area contributed by atoms with E-state index in [1.807, 2.05) is 26.0 Å². The van der Waals surface area contributed by atoms with Gasteiger partial charge in [0.15, 0.2) is 0 Å². The molecule has 0 spiro atoms. The molecule has 0 aliphatic heterocycles. The van der Waals surface area contributed by atoms with Crippen LogP contribution in [-0.2, 0) is 0 Å². The van der Waals surface area contributed by atoms with Gasteiger partial charge in [-0.1, -0.05) is 78.9 Å². The summed E-state index contributed by atoms with van der Waals surface area (Å²) in [6.07, 6.45) is 0. The van der Waals surface area contributed by atoms with Crippen molar-refractivity contribution in [1.29, 1.82) is 21.0 Å². The van der Waals surface area contributed by atoms with Gasteiger partial charge in [0, 0.05) is 11.1 Å². The van der Waals surface area contributed by atoms with E-state index in [9.17, 15) is 21.0 Å². The van der Waals surface area contributed by atoms with Gasteiger partial charge in [-0.05, 0) is 165 Å². The topological polar surface area (TPSA) is 95.2 Å². The maximum Gasteiger partial charge on any atom is 0.0998 e. The number of aryl methyl sites for hydroxylation is 2. The molecule has 0 atom stereocenters. The summed E-state index contributed by atoms with van der Waals surface area (Å²) >= 11 is 0. The smallest absolute Gasteiger partial charge is 0.0998 e. The highest BCUT2D eigenvalue weighted by Crippen LogP contribution is 2.55. The lowest BCUT2D eigenvalue weighted by Crippen LogP contribution is -1.98. The highest BCUT2D eigenvalue weighted by atomic mass is 14.3. The van der Waals surface area contributed by atoms with Gasteiger partial charge >= 0.3 is 0 Å². The molecular formula is C52H26N4. The average molecular weight is 707 g/mol. The molecule has 254 valence electrons. The Morgan fingerprint density at radius 1 is 0.321 bits per heavy atom. The molecule has 0 amide bonds. The molecule has 0 aliphatic rings. The standard InChI is InChI=1S/C52H26N4/c1-27-16-29(23-53)18-33(25-55)45(27)51-43-21-40-37-13-7-12-36-35-11-4-3-8-32(35)20-42(48(36)37)41(40)22-44(43)52(46-28(2)17-30(24-54)19-34(46)26-56)50-39-15-6-10-31-9-5-14-38(47(31)39)49(50)51/h3-22H,1-2H3. The Balaban J connectivity index is 1.50. The molecule has 4 nitrogen and oxygen atoms in total. The quantitative estimate of drug-likeness (QED) is 0.167. The zero-order valence-corrected chi connectivity index (χ0v) is 30.3. The second kappa shape index (κ2) is 11.2. The first kappa shape index (κ1) is 31.5. The largest absolute Gasteiger partial charge is 0.192 e. The number of fused-ring (bicyclic) bond motifs is 9. The number of hydrogen-bond acceptors (Lipinski definition) is 4. The fraction of sp³-hybridized carbons (Fsp3) is 0.0385. The fourth-order valence-electron chi connectivity index (χ4n) is 9.94. The Morgan fingerprint density at radius 2 is 0.786 bits per heavy atom. The van der Waals surface area contributed by atoms with E-state index in [2.05, 4.69) is 121 Å². The Hall–Kier alpha value is -8.02. The van der Waals surface area contributed by atoms with Gasteiger partial charge in [0.2, 0.25) is 0 Å². The van der Waals surface area contributed by atoms with Gasteiger partial charge in [-0.3, -0.25) is 0 Å². The first-order chi connectivity index (χ1) is 27.4. The SMILES string of the molecule is Cc1cc(C#N)cc(C#N)c1-c1c2cc3c(cc2c(-c2c(C)cc(C#N)cc2C#N)c2c4cccc5cccc(c12)c54)c1cc2ccccc2c2cccc3c21. The fourth-order valence-corrected chi connectivity index (χ4v) is 9.94. The molecule has 0 aromatic heterocycles. The predicted molar refractivity (Wildman–Crippen MR) is 228 cm³/mol. The van der Waals surface area contributed by atoms with Crippen LogP contribution in [0, 0.1) is 59.2 Å². The molecule has 11 aromatic carbocycles. The molecule has 0 aliphatic carbocycles. The number of benzene rings is 9. The van der Waals surface area contributed by atoms with Crippen LogP contribution in [0.4, 0.5) is 0 Å². The van der Waals surface area contributed by atoms with Crippen LogP contribution in [0.2, 0.25) is 0 Å². The van der Waals surface area contributed by atoms with Crippen LogP contribution in [0.15, 0.2) is 121 Å². The highest BCUT2D eigenvalue weighted by molar-refractivity contribution is 6.43. The van der Waals surface area contributed by atoms with E-state index in [0.717, 1.165) is 98.0 Å². The third kappa shape index (κ3) is 3.98. The maximum absolute atomic E-state index is 10.8. The van der Waals surface area contributed by atoms with E-state index < -0.39 is 0 Å². The van der Waals surface area contributed by atoms with Crippen LogP contribution >= 0.6 is 0 Å². The van der Waals surface area contributed by atoms with Crippen molar-refractivity contribution in [3.8, 4) is 46.5 Å². The second-order valence-corrected chi connectivity index (χ2v) is 14.9. The Morgan fingerprint density at radius 3 is 1.34 bits per heavy atom. The molecule has 0 saturated heterocycles. The van der Waals surface area contributed by atoms with Crippen LogP contribution in [0.3, 0.4) is 0 Å². The Bertz CT molecular complexity index is 3760. The molecule has 0 bridgehead atoms. The normalized spacial score (nSPS) is 11.7. The van der Waals surface area contributed by atoms with Crippen LogP contribution in [0.5, 0.6) is 0 Å². The summed E-state index contributed by atoms with van der Waals surface area (Å²) in [7, 11) is 0. The summed E-state index contributed by atoms with van der Waals surface area (Å²) < 4.78 is 0. The van der Waals surface area contributed by atoms with E-state index in [1.165, 1.54) is 21.5 Å². The van der Waals surface area contributed by atoms with Crippen molar-refractivity contribution in [1.82, 2.24) is 0 Å². The molecule has 0 fully saturated rings. The van der Waals surface area contributed by atoms with Crippen LogP contribution in [-0.4, -0.2) is 0 Å². The highest BCUT2D eigenvalue weighted by Gasteiger charge is 2.28. The molecule has 11 rings (SSSR count). The molecule has 56 heavy (non-hydrogen) atoms. The van der Waals surface area contributed by atoms with Crippen molar-refractivity contribution in [2.45, 2.75) is 13.8 Å². The third-order valence-corrected chi connectivity index (χ3v) is 12.0. The van der Waals surface area contributed by atoms with Crippen molar-refractivity contribution in [3.63, 3.8) is 0 Å². The van der Waals surface area contributed by atoms with Crippen molar-refractivity contribution < 1.29 is 0 Å². The minimum Gasteiger partial charge on any atom is -0.192 e. The van der Waals surface area contributed by atoms with Crippen molar-refractivity contribution >= 4 is 86.2 Å². The number of hydrogen-bond donors (Lipinski definition) is 0. The maximum atomic E-state index is 10.8. The molecule has 0 saturated carbocycles. The van der Waals surface area contributed by atoms with Gasteiger partial charge in [-0.2, -0.15) is 21.0 Å². The van der Waals surface area contributed by atoms with E-state index in [1.54, 1.807) is 12.1 Å². The summed E-state index contributed by atoms with van der Waals surface area (Å²) in [6, 6.07) is 51.4. The van der Waals surface area contributed by atoms with E-state index in [0.29, 0.717) is 22.3 Å². The van der Waals surface area contributed by atoms with Crippen LogP contribution in [0.25, 0.3) is 108 Å². The predicted octanol–water partition coefficient (Wildman–Crippen LogP) is 13.2. The van der Waals surface area contributed by atoms with Crippen molar-refractivity contribution in [2.24, 2.45) is 0 Å². The first-order valence-corrected chi connectivity index (χ1v) is 18.5. The van der Waals surface area contributed by atoms with Gasteiger partial charge in [-0.15, -0.1) is 0 Å². The summed E-state index contributed by atoms with van der Waals surface area (Å²) in [5.74, 6) is 0. The zero-order chi connectivity index (χ0) is 38.0. The zero-order valence-electron chi connectivity index (χ0n) is 30.3. The van der Waals surface area contributed by atoms with Crippen molar-refractivity contribution in [2.75, 3.05) is 0 Å². The molecule has 11 aromatic rings. The molecule has 0 radical (unpaired) electrons. The van der Waals surface area contributed by atoms with Gasteiger partial charge in [0.1, 0.15) is 0 Å². The summed E-state index contributed by atoms with van der Waals surface area (Å²) in [4.78, 5) is 0. The van der Waals surface area contributed by atoms with E-state index in [4.69, 9.17) is 0 Å². The molecule has 0 unspecified atom stereocenters. The van der Waals surface area contributed by atoms with E-state index in [-0.39, 0.29) is 0 Å². The molecular weight excluding hydrogens is 681 g/mol. The van der Waals surface area contributed by atoms with Crippen LogP contribution in [0.1, 0.15) is 33.4 Å². The van der Waals surface area contributed by atoms with Crippen molar-refractivity contribution in [3.05, 3.63) is 155 Å². The Labute approximate surface area is 321 Å². The van der Waals surface area contributed by atoms with Gasteiger partial charge < -0.3 is 0 Å². The molecule has 4 heteroatoms. The minimum atomic E-state index is 0.435. The average Bonchev–Trinajstić information content (AvgIpc) is 3.73. The monoisotopic (exact) mass is 706 g/mol. The minimum absolute atomic E-state index is 0.435. The lowest BCUT2D eigenvalue weighted by Gasteiger charge is -2.21. The first-order valence-electron chi connectivity index (χ1n) is 18.5. The van der Waals surface area contributed by atoms with Gasteiger partial charge in [0.05, 0.1) is 46.5 Å². The van der Waals surface area contributed by atoms with Crippen LogP contribution < -0.4 is 0 Å². The number of rotatable bonds is 2. The molecule has 0 heterocycles. The summed E-state index contributed by atoms with van der Waals surface area (Å²) in [6.45, 7) is 3.97.